The molecule has 0 aliphatic heterocycles. The van der Waals surface area contributed by atoms with Gasteiger partial charge >= 0.3 is 12.6 Å². The maximum Gasteiger partial charge on any atom is 0.387 e. The third kappa shape index (κ3) is 5.31. The van der Waals surface area contributed by atoms with Crippen LogP contribution >= 0.6 is 0 Å². The minimum absolute atomic E-state index is 0.0317. The van der Waals surface area contributed by atoms with E-state index in [0.29, 0.717) is 5.56 Å². The fourth-order valence-electron chi connectivity index (χ4n) is 1.79. The van der Waals surface area contributed by atoms with Gasteiger partial charge in [0, 0.05) is 6.42 Å². The second-order valence-electron chi connectivity index (χ2n) is 5.60. The molecule has 0 heterocycles. The summed E-state index contributed by atoms with van der Waals surface area (Å²) < 4.78 is 28.3. The van der Waals surface area contributed by atoms with Crippen molar-refractivity contribution in [3.63, 3.8) is 0 Å². The molecule has 7 heteroatoms. The van der Waals surface area contributed by atoms with Gasteiger partial charge in [0.1, 0.15) is 5.75 Å². The van der Waals surface area contributed by atoms with Gasteiger partial charge < -0.3 is 15.2 Å². The number of carboxylic acids is 1. The number of carbonyl (C=O) groups excluding carboxylic acids is 1. The Labute approximate surface area is 127 Å². The summed E-state index contributed by atoms with van der Waals surface area (Å²) >= 11 is 0. The third-order valence-corrected chi connectivity index (χ3v) is 3.16. The van der Waals surface area contributed by atoms with Crippen molar-refractivity contribution in [2.75, 3.05) is 0 Å². The zero-order valence-electron chi connectivity index (χ0n) is 12.6. The Bertz CT molecular complexity index is 529. The van der Waals surface area contributed by atoms with Crippen molar-refractivity contribution < 1.29 is 28.2 Å². The molecule has 122 valence electrons. The van der Waals surface area contributed by atoms with E-state index in [1.165, 1.54) is 26.0 Å². The normalized spacial score (nSPS) is 12.8. The summed E-state index contributed by atoms with van der Waals surface area (Å²) in [5, 5.41) is 11.7. The van der Waals surface area contributed by atoms with Crippen LogP contribution in [0.4, 0.5) is 8.78 Å². The van der Waals surface area contributed by atoms with Crippen LogP contribution in [0, 0.1) is 5.41 Å². The van der Waals surface area contributed by atoms with E-state index in [-0.39, 0.29) is 18.2 Å². The molecule has 1 aromatic rings. The van der Waals surface area contributed by atoms with Crippen LogP contribution in [0.3, 0.4) is 0 Å². The van der Waals surface area contributed by atoms with Gasteiger partial charge in [0.15, 0.2) is 0 Å². The molecule has 0 aliphatic rings. The van der Waals surface area contributed by atoms with Gasteiger partial charge in [-0.25, -0.2) is 0 Å². The van der Waals surface area contributed by atoms with Crippen LogP contribution in [-0.4, -0.2) is 23.6 Å². The standard InChI is InChI=1S/C15H19F2NO4/c1-9(18-12(19)8-15(2,3)13(20)21)10-4-6-11(7-5-10)22-14(16)17/h4-7,9,14H,8H2,1-3H3,(H,18,19)(H,20,21). The second-order valence-corrected chi connectivity index (χ2v) is 5.60. The SMILES string of the molecule is CC(NC(=O)CC(C)(C)C(=O)O)c1ccc(OC(F)F)cc1. The molecule has 0 fully saturated rings. The number of carbonyl (C=O) groups is 2. The molecule has 1 atom stereocenters. The molecule has 5 nitrogen and oxygen atoms in total. The predicted octanol–water partition coefficient (Wildman–Crippen LogP) is 2.97. The fourth-order valence-corrected chi connectivity index (χ4v) is 1.79. The summed E-state index contributed by atoms with van der Waals surface area (Å²) in [4.78, 5) is 22.8. The fraction of sp³-hybridized carbons (Fsp3) is 0.467. The molecule has 2 N–H and O–H groups in total. The van der Waals surface area contributed by atoms with Gasteiger partial charge in [0.05, 0.1) is 11.5 Å². The smallest absolute Gasteiger partial charge is 0.387 e. The van der Waals surface area contributed by atoms with E-state index in [4.69, 9.17) is 5.11 Å². The topological polar surface area (TPSA) is 75.6 Å². The van der Waals surface area contributed by atoms with E-state index in [9.17, 15) is 18.4 Å². The minimum Gasteiger partial charge on any atom is -0.481 e. The van der Waals surface area contributed by atoms with E-state index in [1.54, 1.807) is 19.1 Å². The van der Waals surface area contributed by atoms with E-state index in [0.717, 1.165) is 0 Å². The molecule has 0 radical (unpaired) electrons. The first kappa shape index (κ1) is 17.9. The summed E-state index contributed by atoms with van der Waals surface area (Å²) in [7, 11) is 0. The highest BCUT2D eigenvalue weighted by Gasteiger charge is 2.30. The van der Waals surface area contributed by atoms with Gasteiger partial charge in [-0.1, -0.05) is 12.1 Å². The zero-order chi connectivity index (χ0) is 16.9. The molecule has 0 aliphatic carbocycles. The lowest BCUT2D eigenvalue weighted by molar-refractivity contribution is -0.149. The van der Waals surface area contributed by atoms with Crippen molar-refractivity contribution >= 4 is 11.9 Å². The lowest BCUT2D eigenvalue weighted by Gasteiger charge is -2.21. The third-order valence-electron chi connectivity index (χ3n) is 3.16. The van der Waals surface area contributed by atoms with E-state index in [1.807, 2.05) is 0 Å². The van der Waals surface area contributed by atoms with Crippen molar-refractivity contribution in [1.82, 2.24) is 5.32 Å². The van der Waals surface area contributed by atoms with Crippen LogP contribution in [0.2, 0.25) is 0 Å². The summed E-state index contributed by atoms with van der Waals surface area (Å²) in [5.74, 6) is -1.42. The minimum atomic E-state index is -2.89. The summed E-state index contributed by atoms with van der Waals surface area (Å²) in [5.41, 5.74) is -0.457. The van der Waals surface area contributed by atoms with Crippen LogP contribution < -0.4 is 10.1 Å². The molecule has 1 rings (SSSR count). The number of hydrogen-bond donors (Lipinski definition) is 2. The Morgan fingerprint density at radius 1 is 1.27 bits per heavy atom. The first-order valence-corrected chi connectivity index (χ1v) is 6.69. The molecule has 0 saturated carbocycles. The number of benzene rings is 1. The lowest BCUT2D eigenvalue weighted by Crippen LogP contribution is -2.34. The predicted molar refractivity (Wildman–Crippen MR) is 75.7 cm³/mol. The maximum absolute atomic E-state index is 12.0. The molecule has 22 heavy (non-hydrogen) atoms. The number of halogens is 2. The lowest BCUT2D eigenvalue weighted by atomic mass is 9.89. The Morgan fingerprint density at radius 3 is 2.27 bits per heavy atom. The van der Waals surface area contributed by atoms with Crippen molar-refractivity contribution in [2.45, 2.75) is 39.8 Å². The largest absolute Gasteiger partial charge is 0.481 e. The van der Waals surface area contributed by atoms with Gasteiger partial charge in [0.25, 0.3) is 0 Å². The van der Waals surface area contributed by atoms with Crippen LogP contribution in [0.25, 0.3) is 0 Å². The highest BCUT2D eigenvalue weighted by molar-refractivity contribution is 5.84. The number of hydrogen-bond acceptors (Lipinski definition) is 3. The number of carboxylic acid groups (broad SMARTS) is 1. The zero-order valence-corrected chi connectivity index (χ0v) is 12.6. The highest BCUT2D eigenvalue weighted by atomic mass is 19.3. The Hall–Kier alpha value is -2.18. The van der Waals surface area contributed by atoms with E-state index in [2.05, 4.69) is 10.1 Å². The first-order valence-electron chi connectivity index (χ1n) is 6.69. The molecule has 0 saturated heterocycles. The monoisotopic (exact) mass is 315 g/mol. The average molecular weight is 315 g/mol. The molecular weight excluding hydrogens is 296 g/mol. The number of alkyl halides is 2. The summed E-state index contributed by atoms with van der Waals surface area (Å²) in [6.45, 7) is 1.77. The quantitative estimate of drug-likeness (QED) is 0.811. The van der Waals surface area contributed by atoms with Gasteiger partial charge in [-0.2, -0.15) is 8.78 Å². The average Bonchev–Trinajstić information content (AvgIpc) is 2.37. The molecular formula is C15H19F2NO4. The number of amides is 1. The Kier molecular flexibility index (Phi) is 5.84. The number of nitrogens with one attached hydrogen (secondary N) is 1. The summed E-state index contributed by atoms with van der Waals surface area (Å²) in [6.07, 6.45) is -0.154. The maximum atomic E-state index is 12.0. The summed E-state index contributed by atoms with van der Waals surface area (Å²) in [6, 6.07) is 5.50. The van der Waals surface area contributed by atoms with Crippen LogP contribution in [0.5, 0.6) is 5.75 Å². The van der Waals surface area contributed by atoms with Crippen LogP contribution in [-0.2, 0) is 9.59 Å². The van der Waals surface area contributed by atoms with Crippen LogP contribution in [0.1, 0.15) is 38.8 Å². The molecule has 1 unspecified atom stereocenters. The molecule has 1 aromatic carbocycles. The highest BCUT2D eigenvalue weighted by Crippen LogP contribution is 2.22. The van der Waals surface area contributed by atoms with Crippen molar-refractivity contribution in [3.8, 4) is 5.75 Å². The Balaban J connectivity index is 2.63. The first-order chi connectivity index (χ1) is 10.1. The number of ether oxygens (including phenoxy) is 1. The molecule has 0 spiro atoms. The Morgan fingerprint density at radius 2 is 1.82 bits per heavy atom. The van der Waals surface area contributed by atoms with Crippen LogP contribution in [0.15, 0.2) is 24.3 Å². The van der Waals surface area contributed by atoms with Gasteiger partial charge in [-0.3, -0.25) is 9.59 Å². The van der Waals surface area contributed by atoms with Crippen molar-refractivity contribution in [2.24, 2.45) is 5.41 Å². The molecule has 1 amide bonds. The van der Waals surface area contributed by atoms with E-state index < -0.39 is 23.9 Å². The van der Waals surface area contributed by atoms with Gasteiger partial charge in [-0.15, -0.1) is 0 Å². The number of rotatable bonds is 7. The molecule has 0 aromatic heterocycles. The van der Waals surface area contributed by atoms with Gasteiger partial charge in [0.2, 0.25) is 5.91 Å². The van der Waals surface area contributed by atoms with Gasteiger partial charge in [-0.05, 0) is 38.5 Å². The number of aliphatic carboxylic acids is 1. The van der Waals surface area contributed by atoms with Crippen molar-refractivity contribution in [1.29, 1.82) is 0 Å². The molecule has 0 bridgehead atoms. The van der Waals surface area contributed by atoms with Crippen molar-refractivity contribution in [3.05, 3.63) is 29.8 Å². The van der Waals surface area contributed by atoms with E-state index >= 15 is 0 Å². The second kappa shape index (κ2) is 7.20.